The van der Waals surface area contributed by atoms with E-state index in [4.69, 9.17) is 21.6 Å². The summed E-state index contributed by atoms with van der Waals surface area (Å²) in [5.41, 5.74) is 13.9. The van der Waals surface area contributed by atoms with Crippen molar-refractivity contribution in [3.8, 4) is 17.0 Å². The summed E-state index contributed by atoms with van der Waals surface area (Å²) in [5.74, 6) is 0.461. The van der Waals surface area contributed by atoms with Crippen LogP contribution in [-0.4, -0.2) is 28.6 Å². The summed E-state index contributed by atoms with van der Waals surface area (Å²) < 4.78 is 5.69. The minimum Gasteiger partial charge on any atom is -0.457 e. The van der Waals surface area contributed by atoms with E-state index in [9.17, 15) is 4.79 Å². The number of carbonyl (C=O) groups is 1. The lowest BCUT2D eigenvalue weighted by Gasteiger charge is -2.11. The van der Waals surface area contributed by atoms with Crippen molar-refractivity contribution < 1.29 is 9.53 Å². The molecule has 0 aliphatic heterocycles. The molecule has 0 spiro atoms. The summed E-state index contributed by atoms with van der Waals surface area (Å²) in [6, 6.07) is 16.6. The van der Waals surface area contributed by atoms with E-state index in [0.29, 0.717) is 22.9 Å². The van der Waals surface area contributed by atoms with Gasteiger partial charge in [-0.2, -0.15) is 4.98 Å². The molecular weight excluding hydrogens is 406 g/mol. The monoisotopic (exact) mass is 429 g/mol. The van der Waals surface area contributed by atoms with E-state index in [-0.39, 0.29) is 17.4 Å². The largest absolute Gasteiger partial charge is 0.457 e. The van der Waals surface area contributed by atoms with E-state index < -0.39 is 5.91 Å². The van der Waals surface area contributed by atoms with Gasteiger partial charge in [-0.3, -0.25) is 10.2 Å². The van der Waals surface area contributed by atoms with Crippen LogP contribution >= 0.6 is 0 Å². The van der Waals surface area contributed by atoms with Crippen LogP contribution in [0.25, 0.3) is 11.3 Å². The molecular formula is C23H23N7O2. The number of primary amides is 1. The molecule has 0 atom stereocenters. The zero-order valence-electron chi connectivity index (χ0n) is 17.4. The number of amides is 1. The number of carbonyl (C=O) groups excluding carboxylic acids is 1. The SMILES string of the molecule is C=C/C(=C\C(=N)C(N)=O)Oc1cccc(Nc2cc(-c3ccc(NC)cc3)nc(N)n2)c1. The molecule has 9 nitrogen and oxygen atoms in total. The van der Waals surface area contributed by atoms with Crippen LogP contribution in [0.2, 0.25) is 0 Å². The Balaban J connectivity index is 1.82. The smallest absolute Gasteiger partial charge is 0.266 e. The highest BCUT2D eigenvalue weighted by atomic mass is 16.5. The van der Waals surface area contributed by atoms with Gasteiger partial charge in [-0.1, -0.05) is 24.8 Å². The third-order valence-electron chi connectivity index (χ3n) is 4.31. The number of ether oxygens (including phenoxy) is 1. The lowest BCUT2D eigenvalue weighted by atomic mass is 10.1. The summed E-state index contributed by atoms with van der Waals surface area (Å²) in [4.78, 5) is 19.6. The Hall–Kier alpha value is -4.66. The van der Waals surface area contributed by atoms with Crippen molar-refractivity contribution in [2.24, 2.45) is 5.73 Å². The van der Waals surface area contributed by atoms with Gasteiger partial charge in [0, 0.05) is 42.2 Å². The average Bonchev–Trinajstić information content (AvgIpc) is 2.78. The Morgan fingerprint density at radius 1 is 1.12 bits per heavy atom. The predicted molar refractivity (Wildman–Crippen MR) is 127 cm³/mol. The van der Waals surface area contributed by atoms with Gasteiger partial charge in [0.05, 0.1) is 5.69 Å². The number of rotatable bonds is 9. The van der Waals surface area contributed by atoms with Crippen molar-refractivity contribution in [2.45, 2.75) is 0 Å². The number of benzene rings is 2. The van der Waals surface area contributed by atoms with Gasteiger partial charge in [0.1, 0.15) is 23.0 Å². The number of nitrogens with two attached hydrogens (primary N) is 2. The van der Waals surface area contributed by atoms with E-state index in [1.807, 2.05) is 37.4 Å². The summed E-state index contributed by atoms with van der Waals surface area (Å²) in [6.45, 7) is 3.63. The average molecular weight is 429 g/mol. The van der Waals surface area contributed by atoms with Gasteiger partial charge in [0.15, 0.2) is 0 Å². The highest BCUT2D eigenvalue weighted by Gasteiger charge is 2.08. The van der Waals surface area contributed by atoms with Crippen molar-refractivity contribution in [3.05, 3.63) is 79.1 Å². The summed E-state index contributed by atoms with van der Waals surface area (Å²) in [5, 5.41) is 13.8. The van der Waals surface area contributed by atoms with Crippen LogP contribution in [0.15, 0.2) is 79.1 Å². The number of hydrogen-bond acceptors (Lipinski definition) is 8. The number of anilines is 4. The quantitative estimate of drug-likeness (QED) is 0.198. The third-order valence-corrected chi connectivity index (χ3v) is 4.31. The molecule has 7 N–H and O–H groups in total. The first kappa shape index (κ1) is 22.0. The number of hydrogen-bond donors (Lipinski definition) is 5. The van der Waals surface area contributed by atoms with E-state index in [2.05, 4.69) is 27.2 Å². The molecule has 0 unspecified atom stereocenters. The number of aromatic nitrogens is 2. The first-order valence-corrected chi connectivity index (χ1v) is 9.58. The van der Waals surface area contributed by atoms with Gasteiger partial charge < -0.3 is 26.8 Å². The summed E-state index contributed by atoms with van der Waals surface area (Å²) >= 11 is 0. The second-order valence-corrected chi connectivity index (χ2v) is 6.61. The second-order valence-electron chi connectivity index (χ2n) is 6.61. The summed E-state index contributed by atoms with van der Waals surface area (Å²) in [6.07, 6.45) is 2.58. The first-order valence-electron chi connectivity index (χ1n) is 9.58. The molecule has 1 aromatic heterocycles. The maximum Gasteiger partial charge on any atom is 0.266 e. The molecule has 32 heavy (non-hydrogen) atoms. The maximum absolute atomic E-state index is 11.1. The fourth-order valence-electron chi connectivity index (χ4n) is 2.75. The van der Waals surface area contributed by atoms with Gasteiger partial charge in [-0.05, 0) is 30.3 Å². The molecule has 1 heterocycles. The van der Waals surface area contributed by atoms with Gasteiger partial charge in [-0.15, -0.1) is 0 Å². The standard InChI is InChI=1S/C23H23N7O2/c1-3-17(12-19(24)22(25)31)32-18-6-4-5-16(11-18)28-21-13-20(29-23(26)30-21)14-7-9-15(27-2)10-8-14/h3-13,24,27H,1H2,2H3,(H2,25,31)(H3,26,28,29,30)/b17-12+,24-19?. The van der Waals surface area contributed by atoms with Gasteiger partial charge in [0.2, 0.25) is 5.95 Å². The van der Waals surface area contributed by atoms with Crippen molar-refractivity contribution in [3.63, 3.8) is 0 Å². The van der Waals surface area contributed by atoms with Gasteiger partial charge in [0.25, 0.3) is 5.91 Å². The molecule has 3 aromatic rings. The van der Waals surface area contributed by atoms with Crippen LogP contribution in [0.4, 0.5) is 23.1 Å². The fourth-order valence-corrected chi connectivity index (χ4v) is 2.75. The van der Waals surface area contributed by atoms with Crippen LogP contribution in [0.1, 0.15) is 0 Å². The third kappa shape index (κ3) is 5.70. The lowest BCUT2D eigenvalue weighted by Crippen LogP contribution is -2.21. The molecule has 0 saturated carbocycles. The fraction of sp³-hybridized carbons (Fsp3) is 0.0435. The van der Waals surface area contributed by atoms with Gasteiger partial charge >= 0.3 is 0 Å². The molecule has 0 bridgehead atoms. The van der Waals surface area contributed by atoms with E-state index in [0.717, 1.165) is 11.3 Å². The van der Waals surface area contributed by atoms with Crippen LogP contribution in [0.5, 0.6) is 5.75 Å². The molecule has 0 saturated heterocycles. The van der Waals surface area contributed by atoms with Crippen molar-refractivity contribution in [2.75, 3.05) is 23.4 Å². The van der Waals surface area contributed by atoms with E-state index >= 15 is 0 Å². The van der Waals surface area contributed by atoms with Crippen molar-refractivity contribution >= 4 is 34.8 Å². The van der Waals surface area contributed by atoms with Crippen LogP contribution in [0, 0.1) is 5.41 Å². The topological polar surface area (TPSA) is 152 Å². The normalized spacial score (nSPS) is 10.8. The van der Waals surface area contributed by atoms with Crippen molar-refractivity contribution in [1.82, 2.24) is 9.97 Å². The molecule has 0 aliphatic carbocycles. The maximum atomic E-state index is 11.1. The minimum absolute atomic E-state index is 0.136. The summed E-state index contributed by atoms with van der Waals surface area (Å²) in [7, 11) is 1.85. The highest BCUT2D eigenvalue weighted by Crippen LogP contribution is 2.26. The Labute approximate surface area is 185 Å². The van der Waals surface area contributed by atoms with Crippen molar-refractivity contribution in [1.29, 1.82) is 5.41 Å². The second kappa shape index (κ2) is 9.90. The molecule has 0 aliphatic rings. The lowest BCUT2D eigenvalue weighted by molar-refractivity contribution is -0.112. The first-order chi connectivity index (χ1) is 15.4. The Morgan fingerprint density at radius 3 is 2.53 bits per heavy atom. The minimum atomic E-state index is -0.860. The predicted octanol–water partition coefficient (Wildman–Crippen LogP) is 3.46. The Morgan fingerprint density at radius 2 is 1.88 bits per heavy atom. The molecule has 3 rings (SSSR count). The van der Waals surface area contributed by atoms with Gasteiger partial charge in [-0.25, -0.2) is 4.98 Å². The van der Waals surface area contributed by atoms with Crippen LogP contribution < -0.4 is 26.8 Å². The Bertz CT molecular complexity index is 1190. The molecule has 1 amide bonds. The molecule has 162 valence electrons. The van der Waals surface area contributed by atoms with E-state index in [1.165, 1.54) is 12.2 Å². The zero-order chi connectivity index (χ0) is 23.1. The number of nitrogens with zero attached hydrogens (tertiary/aromatic N) is 2. The number of nitrogen functional groups attached to an aromatic ring is 1. The number of nitrogens with one attached hydrogen (secondary N) is 3. The number of allylic oxidation sites excluding steroid dienone is 1. The van der Waals surface area contributed by atoms with Crippen LogP contribution in [0.3, 0.4) is 0 Å². The van der Waals surface area contributed by atoms with E-state index in [1.54, 1.807) is 24.3 Å². The Kier molecular flexibility index (Phi) is 6.81. The highest BCUT2D eigenvalue weighted by molar-refractivity contribution is 6.41. The molecule has 2 aromatic carbocycles. The molecule has 0 radical (unpaired) electrons. The molecule has 0 fully saturated rings. The zero-order valence-corrected chi connectivity index (χ0v) is 17.4. The molecule has 9 heteroatoms. The van der Waals surface area contributed by atoms with Crippen LogP contribution in [-0.2, 0) is 4.79 Å².